The van der Waals surface area contributed by atoms with Gasteiger partial charge in [0.05, 0.1) is 25.6 Å². The predicted molar refractivity (Wildman–Crippen MR) is 125 cm³/mol. The van der Waals surface area contributed by atoms with Gasteiger partial charge < -0.3 is 23.9 Å². The van der Waals surface area contributed by atoms with Gasteiger partial charge in [-0.25, -0.2) is 4.79 Å². The highest BCUT2D eigenvalue weighted by atomic mass is 32.2. The number of amides is 3. The van der Waals surface area contributed by atoms with E-state index in [-0.39, 0.29) is 16.9 Å². The van der Waals surface area contributed by atoms with Gasteiger partial charge in [0, 0.05) is 12.1 Å². The molecule has 0 spiro atoms. The number of nitrogens with zero attached hydrogens (tertiary/aromatic N) is 2. The van der Waals surface area contributed by atoms with Crippen molar-refractivity contribution >= 4 is 23.7 Å². The molecule has 0 fully saturated rings. The highest BCUT2D eigenvalue weighted by Gasteiger charge is 2.19. The summed E-state index contributed by atoms with van der Waals surface area (Å²) in [7, 11) is 0. The molecule has 0 aliphatic carbocycles. The molecular weight excluding hydrogens is 448 g/mol. The van der Waals surface area contributed by atoms with E-state index in [1.54, 1.807) is 12.1 Å². The maximum Gasteiger partial charge on any atom is 0.321 e. The van der Waals surface area contributed by atoms with Gasteiger partial charge in [0.25, 0.3) is 5.22 Å². The molecule has 2 rings (SSSR count). The molecule has 2 N–H and O–H groups in total. The Kier molecular flexibility index (Phi) is 10.8. The van der Waals surface area contributed by atoms with Crippen LogP contribution in [0.1, 0.15) is 41.0 Å². The summed E-state index contributed by atoms with van der Waals surface area (Å²) >= 11 is 1.04. The SMILES string of the molecule is CCOc1cc(-c2nnc(SCC(=O)NC(=O)NCCC(C)C)o2)cc(OCC)c1OCC. The van der Waals surface area contributed by atoms with Gasteiger partial charge in [-0.3, -0.25) is 10.1 Å². The average Bonchev–Trinajstić information content (AvgIpc) is 3.23. The van der Waals surface area contributed by atoms with E-state index in [0.717, 1.165) is 18.2 Å². The minimum Gasteiger partial charge on any atom is -0.490 e. The van der Waals surface area contributed by atoms with Crippen LogP contribution in [0.4, 0.5) is 4.79 Å². The number of aromatic nitrogens is 2. The highest BCUT2D eigenvalue weighted by Crippen LogP contribution is 2.42. The van der Waals surface area contributed by atoms with E-state index in [1.165, 1.54) is 0 Å². The average molecular weight is 481 g/mol. The molecule has 0 atom stereocenters. The number of imide groups is 1. The molecule has 33 heavy (non-hydrogen) atoms. The van der Waals surface area contributed by atoms with Crippen molar-refractivity contribution in [1.82, 2.24) is 20.8 Å². The van der Waals surface area contributed by atoms with Gasteiger partial charge in [0.15, 0.2) is 11.5 Å². The van der Waals surface area contributed by atoms with Crippen LogP contribution in [-0.2, 0) is 4.79 Å². The van der Waals surface area contributed by atoms with E-state index >= 15 is 0 Å². The zero-order valence-electron chi connectivity index (χ0n) is 19.7. The number of ether oxygens (including phenoxy) is 3. The molecule has 1 heterocycles. The third-order valence-corrected chi connectivity index (χ3v) is 4.97. The van der Waals surface area contributed by atoms with Gasteiger partial charge in [-0.05, 0) is 45.2 Å². The topological polar surface area (TPSA) is 125 Å². The second-order valence-corrected chi connectivity index (χ2v) is 8.18. The van der Waals surface area contributed by atoms with E-state index < -0.39 is 11.9 Å². The van der Waals surface area contributed by atoms with Crippen molar-refractivity contribution in [1.29, 1.82) is 0 Å². The first kappa shape index (κ1) is 26.3. The second kappa shape index (κ2) is 13.6. The number of benzene rings is 1. The number of rotatable bonds is 13. The van der Waals surface area contributed by atoms with E-state index in [4.69, 9.17) is 18.6 Å². The van der Waals surface area contributed by atoms with E-state index in [1.807, 2.05) is 20.8 Å². The van der Waals surface area contributed by atoms with Gasteiger partial charge >= 0.3 is 6.03 Å². The van der Waals surface area contributed by atoms with Crippen LogP contribution < -0.4 is 24.8 Å². The monoisotopic (exact) mass is 480 g/mol. The zero-order valence-corrected chi connectivity index (χ0v) is 20.5. The fourth-order valence-electron chi connectivity index (χ4n) is 2.71. The summed E-state index contributed by atoms with van der Waals surface area (Å²) in [5, 5.41) is 13.2. The molecule has 1 aromatic carbocycles. The van der Waals surface area contributed by atoms with Crippen molar-refractivity contribution in [3.8, 4) is 28.7 Å². The Hall–Kier alpha value is -2.95. The summed E-state index contributed by atoms with van der Waals surface area (Å²) in [6.45, 7) is 11.6. The van der Waals surface area contributed by atoms with Crippen molar-refractivity contribution in [2.45, 2.75) is 46.3 Å². The molecule has 1 aromatic heterocycles. The molecule has 182 valence electrons. The predicted octanol–water partition coefficient (Wildman–Crippen LogP) is 3.90. The Morgan fingerprint density at radius 2 is 1.67 bits per heavy atom. The van der Waals surface area contributed by atoms with Crippen molar-refractivity contribution in [2.24, 2.45) is 5.92 Å². The molecule has 3 amide bonds. The molecule has 2 aromatic rings. The van der Waals surface area contributed by atoms with Crippen molar-refractivity contribution < 1.29 is 28.2 Å². The molecular formula is C22H32N4O6S. The number of carbonyl (C=O) groups is 2. The van der Waals surface area contributed by atoms with Crippen LogP contribution >= 0.6 is 11.8 Å². The zero-order chi connectivity index (χ0) is 24.2. The number of hydrogen-bond acceptors (Lipinski definition) is 9. The summed E-state index contributed by atoms with van der Waals surface area (Å²) in [5.74, 6) is 1.74. The molecule has 0 aliphatic rings. The number of carbonyl (C=O) groups excluding carboxylic acids is 2. The molecule has 11 heteroatoms. The number of hydrogen-bond donors (Lipinski definition) is 2. The lowest BCUT2D eigenvalue weighted by atomic mass is 10.1. The van der Waals surface area contributed by atoms with Crippen LogP contribution in [0.25, 0.3) is 11.5 Å². The Bertz CT molecular complexity index is 891. The largest absolute Gasteiger partial charge is 0.490 e. The van der Waals surface area contributed by atoms with Gasteiger partial charge in [-0.15, -0.1) is 10.2 Å². The molecule has 0 bridgehead atoms. The fraction of sp³-hybridized carbons (Fsp3) is 0.545. The Morgan fingerprint density at radius 3 is 2.24 bits per heavy atom. The fourth-order valence-corrected chi connectivity index (χ4v) is 3.27. The van der Waals surface area contributed by atoms with Gasteiger partial charge in [0.1, 0.15) is 0 Å². The first-order chi connectivity index (χ1) is 15.9. The Morgan fingerprint density at radius 1 is 1.03 bits per heavy atom. The molecule has 0 radical (unpaired) electrons. The van der Waals surface area contributed by atoms with E-state index in [9.17, 15) is 9.59 Å². The number of urea groups is 1. The van der Waals surface area contributed by atoms with Gasteiger partial charge in [-0.2, -0.15) is 0 Å². The van der Waals surface area contributed by atoms with E-state index in [2.05, 4.69) is 34.7 Å². The number of thioether (sulfide) groups is 1. The normalized spacial score (nSPS) is 10.7. The maximum atomic E-state index is 12.0. The van der Waals surface area contributed by atoms with Crippen LogP contribution in [0, 0.1) is 5.92 Å². The Balaban J connectivity index is 2.04. The standard InChI is InChI=1S/C22H32N4O6S/c1-6-29-16-11-15(12-17(30-7-2)19(16)31-8-3)20-25-26-22(32-20)33-13-18(27)24-21(28)23-10-9-14(4)5/h11-12,14H,6-10,13H2,1-5H3,(H2,23,24,27,28). The van der Waals surface area contributed by atoms with Crippen LogP contribution in [0.5, 0.6) is 17.2 Å². The molecule has 0 saturated heterocycles. The third-order valence-electron chi connectivity index (χ3n) is 4.15. The molecule has 10 nitrogen and oxygen atoms in total. The quantitative estimate of drug-likeness (QED) is 0.411. The summed E-state index contributed by atoms with van der Waals surface area (Å²) in [4.78, 5) is 23.7. The minimum absolute atomic E-state index is 0.0447. The van der Waals surface area contributed by atoms with Crippen LogP contribution in [0.15, 0.2) is 21.8 Å². The first-order valence-corrected chi connectivity index (χ1v) is 12.0. The second-order valence-electron chi connectivity index (χ2n) is 7.25. The molecule has 0 unspecified atom stereocenters. The number of nitrogens with one attached hydrogen (secondary N) is 2. The lowest BCUT2D eigenvalue weighted by molar-refractivity contribution is -0.117. The molecule has 0 saturated carbocycles. The summed E-state index contributed by atoms with van der Waals surface area (Å²) < 4.78 is 22.8. The smallest absolute Gasteiger partial charge is 0.321 e. The van der Waals surface area contributed by atoms with Crippen molar-refractivity contribution in [3.63, 3.8) is 0 Å². The summed E-state index contributed by atoms with van der Waals surface area (Å²) in [6, 6.07) is 2.97. The molecule has 0 aliphatic heterocycles. The van der Waals surface area contributed by atoms with Crippen LogP contribution in [0.3, 0.4) is 0 Å². The summed E-state index contributed by atoms with van der Waals surface area (Å²) in [6.07, 6.45) is 0.836. The van der Waals surface area contributed by atoms with E-state index in [0.29, 0.717) is 55.1 Å². The van der Waals surface area contributed by atoms with Crippen LogP contribution in [-0.4, -0.2) is 54.3 Å². The first-order valence-electron chi connectivity index (χ1n) is 11.0. The van der Waals surface area contributed by atoms with Gasteiger partial charge in [-0.1, -0.05) is 25.6 Å². The highest BCUT2D eigenvalue weighted by molar-refractivity contribution is 7.99. The lowest BCUT2D eigenvalue weighted by Crippen LogP contribution is -2.40. The lowest BCUT2D eigenvalue weighted by Gasteiger charge is -2.16. The third kappa shape index (κ3) is 8.49. The minimum atomic E-state index is -0.520. The van der Waals surface area contributed by atoms with Crippen LogP contribution in [0.2, 0.25) is 0 Å². The van der Waals surface area contributed by atoms with Crippen molar-refractivity contribution in [3.05, 3.63) is 12.1 Å². The summed E-state index contributed by atoms with van der Waals surface area (Å²) in [5.41, 5.74) is 0.596. The van der Waals surface area contributed by atoms with Gasteiger partial charge in [0.2, 0.25) is 17.5 Å². The Labute approximate surface area is 198 Å². The van der Waals surface area contributed by atoms with Crippen molar-refractivity contribution in [2.75, 3.05) is 32.1 Å². The maximum absolute atomic E-state index is 12.0.